The van der Waals surface area contributed by atoms with Crippen molar-refractivity contribution in [1.29, 1.82) is 0 Å². The lowest BCUT2D eigenvalue weighted by Crippen LogP contribution is -2.28. The van der Waals surface area contributed by atoms with Crippen molar-refractivity contribution < 1.29 is 0 Å². The Labute approximate surface area is 164 Å². The Morgan fingerprint density at radius 1 is 1.24 bits per heavy atom. The maximum atomic E-state index is 5.66. The SMILES string of the molecule is S=C1N[C@H](c2ccccn2)[C@@H](c2cc(Br)cs2)N1Cc1cccnc1. The number of halogens is 1. The van der Waals surface area contributed by atoms with Crippen LogP contribution in [-0.2, 0) is 6.54 Å². The highest BCUT2D eigenvalue weighted by Gasteiger charge is 2.40. The Morgan fingerprint density at radius 3 is 2.84 bits per heavy atom. The first kappa shape index (κ1) is 16.6. The van der Waals surface area contributed by atoms with Crippen LogP contribution >= 0.6 is 39.5 Å². The van der Waals surface area contributed by atoms with Gasteiger partial charge in [0.1, 0.15) is 0 Å². The molecule has 0 spiro atoms. The minimum Gasteiger partial charge on any atom is -0.352 e. The van der Waals surface area contributed by atoms with Gasteiger partial charge < -0.3 is 10.2 Å². The first-order valence-corrected chi connectivity index (χ1v) is 9.91. The number of thiophene rings is 1. The zero-order valence-electron chi connectivity index (χ0n) is 13.2. The lowest BCUT2D eigenvalue weighted by molar-refractivity contribution is 0.315. The minimum atomic E-state index is 0.0240. The van der Waals surface area contributed by atoms with E-state index >= 15 is 0 Å². The molecule has 7 heteroatoms. The summed E-state index contributed by atoms with van der Waals surface area (Å²) in [6.45, 7) is 0.712. The van der Waals surface area contributed by atoms with Crippen molar-refractivity contribution in [1.82, 2.24) is 20.2 Å². The second kappa shape index (κ2) is 7.19. The maximum Gasteiger partial charge on any atom is 0.170 e. The molecule has 0 aliphatic carbocycles. The van der Waals surface area contributed by atoms with E-state index in [1.54, 1.807) is 17.5 Å². The van der Waals surface area contributed by atoms with Crippen molar-refractivity contribution in [2.45, 2.75) is 18.6 Å². The van der Waals surface area contributed by atoms with Gasteiger partial charge in [0, 0.05) is 39.9 Å². The molecule has 4 nitrogen and oxygen atoms in total. The highest BCUT2D eigenvalue weighted by Crippen LogP contribution is 2.42. The summed E-state index contributed by atoms with van der Waals surface area (Å²) in [7, 11) is 0. The van der Waals surface area contributed by atoms with Crippen molar-refractivity contribution in [3.63, 3.8) is 0 Å². The van der Waals surface area contributed by atoms with Crippen LogP contribution in [0.4, 0.5) is 0 Å². The highest BCUT2D eigenvalue weighted by molar-refractivity contribution is 9.10. The molecule has 25 heavy (non-hydrogen) atoms. The lowest BCUT2D eigenvalue weighted by Gasteiger charge is -2.26. The summed E-state index contributed by atoms with van der Waals surface area (Å²) in [4.78, 5) is 12.2. The molecule has 1 saturated heterocycles. The number of pyridine rings is 2. The maximum absolute atomic E-state index is 5.66. The summed E-state index contributed by atoms with van der Waals surface area (Å²) in [5.74, 6) is 0. The Hall–Kier alpha value is -1.83. The molecule has 1 fully saturated rings. The average Bonchev–Trinajstić information content (AvgIpc) is 3.20. The van der Waals surface area contributed by atoms with Crippen LogP contribution in [0.3, 0.4) is 0 Å². The van der Waals surface area contributed by atoms with Gasteiger partial charge in [0.15, 0.2) is 5.11 Å². The van der Waals surface area contributed by atoms with Crippen molar-refractivity contribution in [3.8, 4) is 0 Å². The summed E-state index contributed by atoms with van der Waals surface area (Å²) >= 11 is 11.0. The average molecular weight is 431 g/mol. The van der Waals surface area contributed by atoms with Gasteiger partial charge in [-0.05, 0) is 58.0 Å². The minimum absolute atomic E-state index is 0.0240. The Kier molecular flexibility index (Phi) is 4.78. The van der Waals surface area contributed by atoms with Crippen LogP contribution in [-0.4, -0.2) is 20.0 Å². The Balaban J connectivity index is 1.72. The molecule has 0 amide bonds. The number of hydrogen-bond acceptors (Lipinski definition) is 4. The molecule has 0 unspecified atom stereocenters. The summed E-state index contributed by atoms with van der Waals surface area (Å²) in [6, 6.07) is 12.3. The van der Waals surface area contributed by atoms with Crippen molar-refractivity contribution >= 4 is 44.6 Å². The summed E-state index contributed by atoms with van der Waals surface area (Å²) in [5.41, 5.74) is 2.13. The predicted octanol–water partition coefficient (Wildman–Crippen LogP) is 4.47. The second-order valence-electron chi connectivity index (χ2n) is 5.78. The molecule has 126 valence electrons. The monoisotopic (exact) mass is 430 g/mol. The fourth-order valence-electron chi connectivity index (χ4n) is 3.06. The van der Waals surface area contributed by atoms with Gasteiger partial charge in [0.2, 0.25) is 0 Å². The lowest BCUT2D eigenvalue weighted by atomic mass is 10.0. The third kappa shape index (κ3) is 3.44. The second-order valence-corrected chi connectivity index (χ2v) is 8.03. The van der Waals surface area contributed by atoms with Crippen LogP contribution in [0.1, 0.15) is 28.2 Å². The normalized spacial score (nSPS) is 19.9. The fraction of sp³-hybridized carbons (Fsp3) is 0.167. The smallest absolute Gasteiger partial charge is 0.170 e. The first-order valence-electron chi connectivity index (χ1n) is 7.83. The fourth-order valence-corrected chi connectivity index (χ4v) is 4.95. The van der Waals surface area contributed by atoms with Gasteiger partial charge in [-0.2, -0.15) is 0 Å². The molecule has 3 aromatic heterocycles. The molecule has 4 heterocycles. The van der Waals surface area contributed by atoms with E-state index in [-0.39, 0.29) is 12.1 Å². The number of hydrogen-bond donors (Lipinski definition) is 1. The van der Waals surface area contributed by atoms with Gasteiger partial charge in [-0.25, -0.2) is 0 Å². The first-order chi connectivity index (χ1) is 12.2. The highest BCUT2D eigenvalue weighted by atomic mass is 79.9. The van der Waals surface area contributed by atoms with Crippen LogP contribution < -0.4 is 5.32 Å². The van der Waals surface area contributed by atoms with Gasteiger partial charge in [0.25, 0.3) is 0 Å². The summed E-state index contributed by atoms with van der Waals surface area (Å²) in [5, 5.41) is 6.31. The van der Waals surface area contributed by atoms with Gasteiger partial charge in [-0.1, -0.05) is 12.1 Å². The molecule has 0 saturated carbocycles. The number of aromatic nitrogens is 2. The molecular weight excluding hydrogens is 416 g/mol. The van der Waals surface area contributed by atoms with E-state index in [0.29, 0.717) is 6.54 Å². The van der Waals surface area contributed by atoms with Crippen molar-refractivity contribution in [2.75, 3.05) is 0 Å². The molecule has 0 bridgehead atoms. The molecule has 0 radical (unpaired) electrons. The summed E-state index contributed by atoms with van der Waals surface area (Å²) in [6.07, 6.45) is 5.50. The van der Waals surface area contributed by atoms with E-state index in [1.807, 2.05) is 36.7 Å². The van der Waals surface area contributed by atoms with E-state index in [0.717, 1.165) is 20.8 Å². The van der Waals surface area contributed by atoms with E-state index in [2.05, 4.69) is 53.6 Å². The topological polar surface area (TPSA) is 41.1 Å². The van der Waals surface area contributed by atoms with Crippen LogP contribution in [0, 0.1) is 0 Å². The van der Waals surface area contributed by atoms with E-state index in [4.69, 9.17) is 12.2 Å². The molecule has 4 rings (SSSR count). The van der Waals surface area contributed by atoms with Gasteiger partial charge >= 0.3 is 0 Å². The Morgan fingerprint density at radius 2 is 2.16 bits per heavy atom. The quantitative estimate of drug-likeness (QED) is 0.618. The number of thiocarbonyl (C=S) groups is 1. The molecule has 3 aromatic rings. The zero-order chi connectivity index (χ0) is 17.2. The zero-order valence-corrected chi connectivity index (χ0v) is 16.4. The molecule has 0 aromatic carbocycles. The van der Waals surface area contributed by atoms with E-state index < -0.39 is 0 Å². The molecule has 2 atom stereocenters. The largest absolute Gasteiger partial charge is 0.352 e. The predicted molar refractivity (Wildman–Crippen MR) is 107 cm³/mol. The number of rotatable bonds is 4. The number of nitrogens with zero attached hydrogens (tertiary/aromatic N) is 3. The van der Waals surface area contributed by atoms with Crippen LogP contribution in [0.25, 0.3) is 0 Å². The van der Waals surface area contributed by atoms with Crippen LogP contribution in [0.2, 0.25) is 0 Å². The third-order valence-corrected chi connectivity index (χ3v) is 6.27. The summed E-state index contributed by atoms with van der Waals surface area (Å²) < 4.78 is 1.09. The number of nitrogens with one attached hydrogen (secondary N) is 1. The Bertz CT molecular complexity index is 869. The molecule has 1 N–H and O–H groups in total. The van der Waals surface area contributed by atoms with Crippen LogP contribution in [0.5, 0.6) is 0 Å². The van der Waals surface area contributed by atoms with Crippen molar-refractivity contribution in [2.24, 2.45) is 0 Å². The van der Waals surface area contributed by atoms with Crippen LogP contribution in [0.15, 0.2) is 64.8 Å². The molecule has 1 aliphatic rings. The molecular formula is C18H15BrN4S2. The van der Waals surface area contributed by atoms with E-state index in [9.17, 15) is 0 Å². The van der Waals surface area contributed by atoms with Gasteiger partial charge in [0.05, 0.1) is 17.8 Å². The standard InChI is InChI=1S/C18H15BrN4S2/c19-13-8-15(25-11-13)17-16(14-5-1-2-7-21-14)22-18(24)23(17)10-12-4-3-6-20-9-12/h1-9,11,16-17H,10H2,(H,22,24)/t16-,17-/m1/s1. The van der Waals surface area contributed by atoms with E-state index in [1.165, 1.54) is 4.88 Å². The third-order valence-electron chi connectivity index (χ3n) is 4.15. The van der Waals surface area contributed by atoms with Gasteiger partial charge in [-0.15, -0.1) is 11.3 Å². The van der Waals surface area contributed by atoms with Crippen molar-refractivity contribution in [3.05, 3.63) is 81.0 Å². The van der Waals surface area contributed by atoms with Gasteiger partial charge in [-0.3, -0.25) is 9.97 Å². The molecule has 1 aliphatic heterocycles.